The molecule has 2 rings (SSSR count). The summed E-state index contributed by atoms with van der Waals surface area (Å²) < 4.78 is 37.9. The minimum atomic E-state index is -4.48. The molecule has 0 saturated heterocycles. The highest BCUT2D eigenvalue weighted by atomic mass is 19.4. The van der Waals surface area contributed by atoms with E-state index in [-0.39, 0.29) is 18.0 Å². The van der Waals surface area contributed by atoms with Crippen LogP contribution >= 0.6 is 0 Å². The number of halogens is 3. The molecular formula is C19H17F3N2O3. The van der Waals surface area contributed by atoms with Gasteiger partial charge in [-0.05, 0) is 55.5 Å². The fourth-order valence-electron chi connectivity index (χ4n) is 2.35. The molecule has 0 aromatic heterocycles. The van der Waals surface area contributed by atoms with Gasteiger partial charge in [-0.25, -0.2) is 0 Å². The van der Waals surface area contributed by atoms with Crippen LogP contribution in [-0.2, 0) is 15.8 Å². The Morgan fingerprint density at radius 1 is 0.926 bits per heavy atom. The van der Waals surface area contributed by atoms with Crippen molar-refractivity contribution in [3.05, 3.63) is 59.7 Å². The highest BCUT2D eigenvalue weighted by Gasteiger charge is 2.30. The number of hydrogen-bond donors (Lipinski definition) is 1. The number of benzene rings is 2. The number of alkyl halides is 3. The summed E-state index contributed by atoms with van der Waals surface area (Å²) in [6.45, 7) is 2.27. The second-order valence-corrected chi connectivity index (χ2v) is 5.83. The van der Waals surface area contributed by atoms with Gasteiger partial charge in [-0.2, -0.15) is 13.2 Å². The topological polar surface area (TPSA) is 66.5 Å². The van der Waals surface area contributed by atoms with Gasteiger partial charge in [0.05, 0.1) is 5.56 Å². The molecule has 0 bridgehead atoms. The van der Waals surface area contributed by atoms with E-state index in [1.807, 2.05) is 0 Å². The summed E-state index contributed by atoms with van der Waals surface area (Å²) in [4.78, 5) is 36.3. The zero-order chi connectivity index (χ0) is 20.2. The summed E-state index contributed by atoms with van der Waals surface area (Å²) in [6, 6.07) is 10.2. The molecule has 0 atom stereocenters. The first-order valence-electron chi connectivity index (χ1n) is 7.94. The summed E-state index contributed by atoms with van der Waals surface area (Å²) in [7, 11) is 0. The number of anilines is 2. The van der Waals surface area contributed by atoms with Crippen LogP contribution in [0.4, 0.5) is 24.5 Å². The molecule has 0 saturated carbocycles. The lowest BCUT2D eigenvalue weighted by molar-refractivity contribution is -0.137. The van der Waals surface area contributed by atoms with E-state index in [0.717, 1.165) is 29.2 Å². The molecule has 8 heteroatoms. The van der Waals surface area contributed by atoms with Crippen LogP contribution in [0, 0.1) is 0 Å². The maximum Gasteiger partial charge on any atom is 0.416 e. The van der Waals surface area contributed by atoms with E-state index in [4.69, 9.17) is 0 Å². The van der Waals surface area contributed by atoms with Crippen molar-refractivity contribution in [3.8, 4) is 0 Å². The predicted octanol–water partition coefficient (Wildman–Crippen LogP) is 3.90. The van der Waals surface area contributed by atoms with Crippen molar-refractivity contribution in [3.63, 3.8) is 0 Å². The molecule has 2 aromatic carbocycles. The first-order valence-corrected chi connectivity index (χ1v) is 7.94. The lowest BCUT2D eigenvalue weighted by Crippen LogP contribution is -2.36. The number of ketones is 1. The van der Waals surface area contributed by atoms with Gasteiger partial charge < -0.3 is 10.2 Å². The van der Waals surface area contributed by atoms with Crippen LogP contribution in [-0.4, -0.2) is 24.1 Å². The number of nitrogens with zero attached hydrogens (tertiary/aromatic N) is 1. The summed E-state index contributed by atoms with van der Waals surface area (Å²) >= 11 is 0. The summed E-state index contributed by atoms with van der Waals surface area (Å²) in [5, 5.41) is 2.57. The number of rotatable bonds is 5. The molecule has 0 unspecified atom stereocenters. The summed E-state index contributed by atoms with van der Waals surface area (Å²) in [5.41, 5.74) is 0.256. The Balaban J connectivity index is 2.10. The van der Waals surface area contributed by atoms with Crippen LogP contribution in [0.1, 0.15) is 29.8 Å². The average Bonchev–Trinajstić information content (AvgIpc) is 2.59. The van der Waals surface area contributed by atoms with Crippen molar-refractivity contribution in [2.45, 2.75) is 20.0 Å². The molecule has 2 aromatic rings. The molecule has 0 aliphatic carbocycles. The number of amides is 2. The molecule has 0 fully saturated rings. The Bertz CT molecular complexity index is 844. The molecule has 5 nitrogen and oxygen atoms in total. The highest BCUT2D eigenvalue weighted by Crippen LogP contribution is 2.30. The van der Waals surface area contributed by atoms with Crippen molar-refractivity contribution in [2.75, 3.05) is 16.8 Å². The summed E-state index contributed by atoms with van der Waals surface area (Å²) in [5.74, 6) is -1.13. The Hall–Kier alpha value is -3.16. The number of carbonyl (C=O) groups excluding carboxylic acids is 3. The van der Waals surface area contributed by atoms with Gasteiger partial charge in [0.2, 0.25) is 11.8 Å². The molecular weight excluding hydrogens is 361 g/mol. The quantitative estimate of drug-likeness (QED) is 0.803. The van der Waals surface area contributed by atoms with Gasteiger partial charge in [0.1, 0.15) is 6.54 Å². The fraction of sp³-hybridized carbons (Fsp3) is 0.211. The third-order valence-electron chi connectivity index (χ3n) is 3.76. The number of carbonyl (C=O) groups is 3. The van der Waals surface area contributed by atoms with Gasteiger partial charge >= 0.3 is 6.18 Å². The van der Waals surface area contributed by atoms with E-state index < -0.39 is 23.6 Å². The Morgan fingerprint density at radius 2 is 1.48 bits per heavy atom. The fourth-order valence-corrected chi connectivity index (χ4v) is 2.35. The second kappa shape index (κ2) is 8.03. The number of Topliss-reactive ketones (excluding diaryl/α,β-unsaturated/α-hetero) is 1. The first-order chi connectivity index (χ1) is 12.6. The smallest absolute Gasteiger partial charge is 0.325 e. The second-order valence-electron chi connectivity index (χ2n) is 5.83. The molecule has 142 valence electrons. The van der Waals surface area contributed by atoms with Crippen molar-refractivity contribution < 1.29 is 27.6 Å². The van der Waals surface area contributed by atoms with Crippen molar-refractivity contribution >= 4 is 29.0 Å². The van der Waals surface area contributed by atoms with E-state index in [9.17, 15) is 27.6 Å². The Morgan fingerprint density at radius 3 is 1.93 bits per heavy atom. The van der Waals surface area contributed by atoms with Crippen LogP contribution in [0.3, 0.4) is 0 Å². The maximum absolute atomic E-state index is 12.6. The van der Waals surface area contributed by atoms with Gasteiger partial charge in [0, 0.05) is 23.9 Å². The zero-order valence-corrected chi connectivity index (χ0v) is 14.6. The molecule has 27 heavy (non-hydrogen) atoms. The normalized spacial score (nSPS) is 11.0. The Kier molecular flexibility index (Phi) is 5.99. The standard InChI is InChI=1S/C19H17F3N2O3/c1-12(25)14-3-7-16(8-4-14)23-18(27)11-24(13(2)26)17-9-5-15(6-10-17)19(20,21)22/h3-10H,11H2,1-2H3,(H,23,27). The van der Waals surface area contributed by atoms with Crippen molar-refractivity contribution in [2.24, 2.45) is 0 Å². The lowest BCUT2D eigenvalue weighted by atomic mass is 10.1. The van der Waals surface area contributed by atoms with Gasteiger partial charge in [0.25, 0.3) is 0 Å². The van der Waals surface area contributed by atoms with Crippen LogP contribution in [0.5, 0.6) is 0 Å². The first kappa shape index (κ1) is 20.2. The van der Waals surface area contributed by atoms with Gasteiger partial charge in [-0.3, -0.25) is 14.4 Å². The summed E-state index contributed by atoms with van der Waals surface area (Å²) in [6.07, 6.45) is -4.48. The van der Waals surface area contributed by atoms with Crippen molar-refractivity contribution in [1.82, 2.24) is 0 Å². The van der Waals surface area contributed by atoms with Gasteiger partial charge in [0.15, 0.2) is 5.78 Å². The van der Waals surface area contributed by atoms with E-state index >= 15 is 0 Å². The Labute approximate surface area is 153 Å². The predicted molar refractivity (Wildman–Crippen MR) is 94.5 cm³/mol. The zero-order valence-electron chi connectivity index (χ0n) is 14.6. The van der Waals surface area contributed by atoms with E-state index in [1.165, 1.54) is 13.8 Å². The van der Waals surface area contributed by atoms with Crippen LogP contribution in [0.15, 0.2) is 48.5 Å². The van der Waals surface area contributed by atoms with Crippen LogP contribution in [0.2, 0.25) is 0 Å². The number of hydrogen-bond acceptors (Lipinski definition) is 3. The van der Waals surface area contributed by atoms with E-state index in [1.54, 1.807) is 24.3 Å². The monoisotopic (exact) mass is 378 g/mol. The largest absolute Gasteiger partial charge is 0.416 e. The average molecular weight is 378 g/mol. The van der Waals surface area contributed by atoms with E-state index in [0.29, 0.717) is 11.3 Å². The third kappa shape index (κ3) is 5.40. The highest BCUT2D eigenvalue weighted by molar-refractivity contribution is 6.02. The van der Waals surface area contributed by atoms with Gasteiger partial charge in [-0.1, -0.05) is 0 Å². The third-order valence-corrected chi connectivity index (χ3v) is 3.76. The molecule has 0 aliphatic rings. The minimum Gasteiger partial charge on any atom is -0.325 e. The van der Waals surface area contributed by atoms with Crippen molar-refractivity contribution in [1.29, 1.82) is 0 Å². The molecule has 1 N–H and O–H groups in total. The van der Waals surface area contributed by atoms with E-state index in [2.05, 4.69) is 5.32 Å². The molecule has 2 amide bonds. The number of nitrogens with one attached hydrogen (secondary N) is 1. The molecule has 0 aliphatic heterocycles. The lowest BCUT2D eigenvalue weighted by Gasteiger charge is -2.21. The minimum absolute atomic E-state index is 0.113. The molecule has 0 radical (unpaired) electrons. The SMILES string of the molecule is CC(=O)c1ccc(NC(=O)CN(C(C)=O)c2ccc(C(F)(F)F)cc2)cc1. The van der Waals surface area contributed by atoms with Crippen LogP contribution in [0.25, 0.3) is 0 Å². The van der Waals surface area contributed by atoms with Gasteiger partial charge in [-0.15, -0.1) is 0 Å². The molecule has 0 spiro atoms. The van der Waals surface area contributed by atoms with Crippen LogP contribution < -0.4 is 10.2 Å². The molecule has 0 heterocycles. The maximum atomic E-state index is 12.6.